The summed E-state index contributed by atoms with van der Waals surface area (Å²) in [6.45, 7) is -3.10. The van der Waals surface area contributed by atoms with E-state index in [1.165, 1.54) is 66.7 Å². The maximum Gasteiger partial charge on any atom is 0.387 e. The first-order valence-corrected chi connectivity index (χ1v) is 10.4. The molecule has 0 aromatic heterocycles. The molecule has 0 atom stereocenters. The van der Waals surface area contributed by atoms with E-state index in [4.69, 9.17) is 5.11 Å². The van der Waals surface area contributed by atoms with E-state index in [0.29, 0.717) is 5.69 Å². The molecule has 3 N–H and O–H groups in total. The average Bonchev–Trinajstić information content (AvgIpc) is 2.74. The van der Waals surface area contributed by atoms with Crippen molar-refractivity contribution < 1.29 is 36.6 Å². The number of hydrogen-bond acceptors (Lipinski definition) is 5. The van der Waals surface area contributed by atoms with Crippen molar-refractivity contribution in [2.24, 2.45) is 0 Å². The summed E-state index contributed by atoms with van der Waals surface area (Å²) in [6, 6.07) is 15.7. The fourth-order valence-corrected chi connectivity index (χ4v) is 3.74. The van der Waals surface area contributed by atoms with Crippen molar-refractivity contribution in [3.05, 3.63) is 83.9 Å². The summed E-state index contributed by atoms with van der Waals surface area (Å²) in [5.74, 6) is -1.97. The normalized spacial score (nSPS) is 11.1. The topological polar surface area (TPSA) is 122 Å². The van der Waals surface area contributed by atoms with Crippen molar-refractivity contribution in [1.82, 2.24) is 0 Å². The smallest absolute Gasteiger partial charge is 0.387 e. The molecule has 0 saturated heterocycles. The van der Waals surface area contributed by atoms with Gasteiger partial charge in [0.2, 0.25) is 0 Å². The van der Waals surface area contributed by atoms with Gasteiger partial charge in [-0.2, -0.15) is 8.78 Å². The first kappa shape index (κ1) is 22.7. The number of anilines is 2. The number of benzene rings is 3. The molecule has 0 heterocycles. The Morgan fingerprint density at radius 3 is 2.22 bits per heavy atom. The van der Waals surface area contributed by atoms with Gasteiger partial charge in [0.1, 0.15) is 5.75 Å². The van der Waals surface area contributed by atoms with Gasteiger partial charge in [-0.15, -0.1) is 0 Å². The minimum atomic E-state index is -4.15. The molecule has 0 fully saturated rings. The predicted molar refractivity (Wildman–Crippen MR) is 112 cm³/mol. The molecule has 3 rings (SSSR count). The largest absolute Gasteiger partial charge is 0.478 e. The van der Waals surface area contributed by atoms with E-state index in [9.17, 15) is 26.8 Å². The van der Waals surface area contributed by atoms with Crippen LogP contribution in [0.4, 0.5) is 20.2 Å². The number of ether oxygens (including phenoxy) is 1. The van der Waals surface area contributed by atoms with Gasteiger partial charge in [-0.3, -0.25) is 9.52 Å². The molecular weight excluding hydrogens is 446 g/mol. The lowest BCUT2D eigenvalue weighted by Gasteiger charge is -2.11. The second-order valence-corrected chi connectivity index (χ2v) is 8.06. The Labute approximate surface area is 181 Å². The first-order valence-electron chi connectivity index (χ1n) is 8.96. The van der Waals surface area contributed by atoms with Gasteiger partial charge < -0.3 is 15.2 Å². The number of carboxylic acids is 1. The number of rotatable bonds is 8. The standard InChI is InChI=1S/C21H16F2N2O6S/c22-21(23)31-17-5-2-6-18(12-17)32(29,30)25-16-4-1-3-14(11-16)19(26)24-15-9-7-13(8-10-15)20(27)28/h1-12,21,25H,(H,24,26)(H,27,28). The van der Waals surface area contributed by atoms with Crippen LogP contribution >= 0.6 is 0 Å². The molecule has 11 heteroatoms. The fraction of sp³-hybridized carbons (Fsp3) is 0.0476. The second-order valence-electron chi connectivity index (χ2n) is 6.38. The van der Waals surface area contributed by atoms with Gasteiger partial charge in [0.25, 0.3) is 15.9 Å². The van der Waals surface area contributed by atoms with Crippen molar-refractivity contribution >= 4 is 33.3 Å². The highest BCUT2D eigenvalue weighted by Crippen LogP contribution is 2.22. The summed E-state index contributed by atoms with van der Waals surface area (Å²) in [4.78, 5) is 23.1. The Bertz CT molecular complexity index is 1250. The van der Waals surface area contributed by atoms with Crippen LogP contribution in [0.15, 0.2) is 77.7 Å². The lowest BCUT2D eigenvalue weighted by molar-refractivity contribution is -0.0500. The molecule has 3 aromatic carbocycles. The number of carbonyl (C=O) groups excluding carboxylic acids is 1. The summed E-state index contributed by atoms with van der Waals surface area (Å²) in [5.41, 5.74) is 0.602. The zero-order valence-electron chi connectivity index (χ0n) is 16.2. The van der Waals surface area contributed by atoms with Crippen LogP contribution in [-0.2, 0) is 10.0 Å². The van der Waals surface area contributed by atoms with E-state index < -0.39 is 28.5 Å². The van der Waals surface area contributed by atoms with E-state index in [1.807, 2.05) is 0 Å². The number of amides is 1. The Kier molecular flexibility index (Phi) is 6.69. The van der Waals surface area contributed by atoms with Crippen LogP contribution in [0.2, 0.25) is 0 Å². The van der Waals surface area contributed by atoms with Gasteiger partial charge in [0.15, 0.2) is 0 Å². The molecule has 8 nitrogen and oxygen atoms in total. The van der Waals surface area contributed by atoms with E-state index >= 15 is 0 Å². The molecule has 0 radical (unpaired) electrons. The average molecular weight is 462 g/mol. The highest BCUT2D eigenvalue weighted by molar-refractivity contribution is 7.92. The highest BCUT2D eigenvalue weighted by Gasteiger charge is 2.17. The van der Waals surface area contributed by atoms with E-state index in [2.05, 4.69) is 14.8 Å². The molecule has 0 aliphatic heterocycles. The third-order valence-corrected chi connectivity index (χ3v) is 5.49. The Balaban J connectivity index is 1.75. The second kappa shape index (κ2) is 9.43. The molecular formula is C21H16F2N2O6S. The van der Waals surface area contributed by atoms with Gasteiger partial charge in [0, 0.05) is 23.0 Å². The van der Waals surface area contributed by atoms with Crippen LogP contribution in [-0.4, -0.2) is 32.0 Å². The van der Waals surface area contributed by atoms with Crippen LogP contribution in [0.5, 0.6) is 5.75 Å². The van der Waals surface area contributed by atoms with Crippen LogP contribution in [0.1, 0.15) is 20.7 Å². The number of aromatic carboxylic acids is 1. The molecule has 0 bridgehead atoms. The zero-order valence-corrected chi connectivity index (χ0v) is 17.0. The van der Waals surface area contributed by atoms with E-state index in [0.717, 1.165) is 6.07 Å². The number of nitrogens with one attached hydrogen (secondary N) is 2. The molecule has 3 aromatic rings. The molecule has 0 saturated carbocycles. The van der Waals surface area contributed by atoms with Crippen LogP contribution in [0.25, 0.3) is 0 Å². The lowest BCUT2D eigenvalue weighted by Crippen LogP contribution is -2.15. The molecule has 166 valence electrons. The first-order chi connectivity index (χ1) is 15.1. The maximum atomic E-state index is 12.6. The van der Waals surface area contributed by atoms with Crippen molar-refractivity contribution in [2.75, 3.05) is 10.0 Å². The number of alkyl halides is 2. The summed E-state index contributed by atoms with van der Waals surface area (Å²) >= 11 is 0. The molecule has 0 unspecified atom stereocenters. The summed E-state index contributed by atoms with van der Waals surface area (Å²) in [6.07, 6.45) is 0. The fourth-order valence-electron chi connectivity index (χ4n) is 2.65. The van der Waals surface area contributed by atoms with Gasteiger partial charge in [-0.1, -0.05) is 12.1 Å². The number of halogens is 2. The van der Waals surface area contributed by atoms with Gasteiger partial charge >= 0.3 is 12.6 Å². The minimum absolute atomic E-state index is 0.0578. The van der Waals surface area contributed by atoms with Crippen LogP contribution < -0.4 is 14.8 Å². The Hall–Kier alpha value is -3.99. The molecule has 1 amide bonds. The van der Waals surface area contributed by atoms with E-state index in [-0.39, 0.29) is 27.5 Å². The number of sulfonamides is 1. The van der Waals surface area contributed by atoms with Crippen molar-refractivity contribution in [3.8, 4) is 5.75 Å². The van der Waals surface area contributed by atoms with Crippen LogP contribution in [0.3, 0.4) is 0 Å². The quantitative estimate of drug-likeness (QED) is 0.465. The van der Waals surface area contributed by atoms with Gasteiger partial charge in [-0.05, 0) is 54.6 Å². The summed E-state index contributed by atoms with van der Waals surface area (Å²) in [7, 11) is -4.15. The number of hydrogen-bond donors (Lipinski definition) is 3. The van der Waals surface area contributed by atoms with Crippen molar-refractivity contribution in [3.63, 3.8) is 0 Å². The predicted octanol–water partition coefficient (Wildman–Crippen LogP) is 4.04. The van der Waals surface area contributed by atoms with E-state index in [1.54, 1.807) is 0 Å². The highest BCUT2D eigenvalue weighted by atomic mass is 32.2. The van der Waals surface area contributed by atoms with Gasteiger partial charge in [0.05, 0.1) is 10.5 Å². The van der Waals surface area contributed by atoms with Crippen LogP contribution in [0, 0.1) is 0 Å². The molecule has 0 spiro atoms. The SMILES string of the molecule is O=C(O)c1ccc(NC(=O)c2cccc(NS(=O)(=O)c3cccc(OC(F)F)c3)c2)cc1. The monoisotopic (exact) mass is 462 g/mol. The lowest BCUT2D eigenvalue weighted by atomic mass is 10.1. The Morgan fingerprint density at radius 2 is 1.56 bits per heavy atom. The molecule has 32 heavy (non-hydrogen) atoms. The summed E-state index contributed by atoms with van der Waals surface area (Å²) < 4.78 is 56.4. The van der Waals surface area contributed by atoms with Crippen molar-refractivity contribution in [1.29, 1.82) is 0 Å². The third kappa shape index (κ3) is 5.79. The maximum absolute atomic E-state index is 12.6. The Morgan fingerprint density at radius 1 is 0.875 bits per heavy atom. The summed E-state index contributed by atoms with van der Waals surface area (Å²) in [5, 5.41) is 11.5. The zero-order chi connectivity index (χ0) is 23.3. The van der Waals surface area contributed by atoms with Gasteiger partial charge in [-0.25, -0.2) is 13.2 Å². The number of carbonyl (C=O) groups is 2. The third-order valence-electron chi connectivity index (χ3n) is 4.11. The molecule has 0 aliphatic carbocycles. The van der Waals surface area contributed by atoms with Crippen molar-refractivity contribution in [2.45, 2.75) is 11.5 Å². The molecule has 0 aliphatic rings. The number of carboxylic acid groups (broad SMARTS) is 1. The minimum Gasteiger partial charge on any atom is -0.478 e.